The van der Waals surface area contributed by atoms with E-state index in [-0.39, 0.29) is 11.4 Å². The minimum atomic E-state index is -1.34. The predicted molar refractivity (Wildman–Crippen MR) is 109 cm³/mol. The van der Waals surface area contributed by atoms with Gasteiger partial charge in [0.25, 0.3) is 5.91 Å². The Balaban J connectivity index is 0.00000155. The first-order valence-electron chi connectivity index (χ1n) is 8.86. The fraction of sp³-hybridized carbons (Fsp3) is 0.100. The van der Waals surface area contributed by atoms with Gasteiger partial charge in [0.05, 0.1) is 23.1 Å². The molecule has 3 aromatic rings. The first-order valence-corrected chi connectivity index (χ1v) is 8.86. The molecule has 0 aliphatic carbocycles. The summed E-state index contributed by atoms with van der Waals surface area (Å²) < 4.78 is 15.2. The molecule has 156 valence electrons. The molecule has 0 atom stereocenters. The van der Waals surface area contributed by atoms with E-state index in [1.807, 2.05) is 13.8 Å². The second-order valence-electron chi connectivity index (χ2n) is 5.74. The van der Waals surface area contributed by atoms with Gasteiger partial charge in [-0.25, -0.2) is 18.7 Å². The first-order chi connectivity index (χ1) is 14.3. The normalized spacial score (nSPS) is 9.97. The van der Waals surface area contributed by atoms with Crippen LogP contribution in [-0.4, -0.2) is 32.8 Å². The van der Waals surface area contributed by atoms with Gasteiger partial charge in [-0.1, -0.05) is 32.0 Å². The molecule has 0 radical (unpaired) electrons. The molecule has 0 aliphatic heterocycles. The third-order valence-electron chi connectivity index (χ3n) is 3.87. The molecule has 1 heterocycles. The van der Waals surface area contributed by atoms with E-state index >= 15 is 0 Å². The van der Waals surface area contributed by atoms with E-state index in [4.69, 9.17) is 16.6 Å². The lowest BCUT2D eigenvalue weighted by molar-refractivity contribution is 0.0691. The van der Waals surface area contributed by atoms with Crippen LogP contribution in [0.3, 0.4) is 0 Å². The molecule has 0 spiro atoms. The molecule has 0 bridgehead atoms. The largest absolute Gasteiger partial charge is 0.478 e. The lowest BCUT2D eigenvalue weighted by atomic mass is 10.0. The van der Waals surface area contributed by atoms with Gasteiger partial charge in [0.1, 0.15) is 5.82 Å². The number of nitrogens with zero attached hydrogens (tertiary/aromatic N) is 2. The number of halogens is 1. The molecular formula is C20H20FN5O4. The molecule has 3 rings (SSSR count). The van der Waals surface area contributed by atoms with Gasteiger partial charge in [-0.15, -0.1) is 0 Å². The van der Waals surface area contributed by atoms with Crippen LogP contribution in [0, 0.1) is 5.82 Å². The van der Waals surface area contributed by atoms with Crippen LogP contribution in [0.1, 0.15) is 34.7 Å². The Hall–Kier alpha value is -4.21. The maximum atomic E-state index is 13.9. The van der Waals surface area contributed by atoms with Crippen molar-refractivity contribution in [3.05, 3.63) is 65.7 Å². The zero-order valence-corrected chi connectivity index (χ0v) is 16.2. The van der Waals surface area contributed by atoms with Crippen LogP contribution in [0.4, 0.5) is 14.9 Å². The smallest absolute Gasteiger partial charge is 0.338 e. The number of amides is 3. The van der Waals surface area contributed by atoms with Crippen molar-refractivity contribution in [2.24, 2.45) is 11.5 Å². The molecule has 6 N–H and O–H groups in total. The summed E-state index contributed by atoms with van der Waals surface area (Å²) in [5.41, 5.74) is 11.5. The Labute approximate surface area is 171 Å². The van der Waals surface area contributed by atoms with Crippen LogP contribution in [0.2, 0.25) is 0 Å². The van der Waals surface area contributed by atoms with Crippen LogP contribution in [0.15, 0.2) is 48.7 Å². The van der Waals surface area contributed by atoms with Crippen molar-refractivity contribution >= 4 is 23.6 Å². The molecule has 0 saturated carbocycles. The number of anilines is 1. The van der Waals surface area contributed by atoms with Crippen LogP contribution < -0.4 is 16.8 Å². The molecule has 9 nitrogen and oxygen atoms in total. The van der Waals surface area contributed by atoms with Crippen molar-refractivity contribution in [1.29, 1.82) is 0 Å². The number of carboxylic acids is 1. The number of rotatable bonds is 5. The van der Waals surface area contributed by atoms with Crippen molar-refractivity contribution in [3.63, 3.8) is 0 Å². The highest BCUT2D eigenvalue weighted by atomic mass is 19.1. The van der Waals surface area contributed by atoms with Gasteiger partial charge in [0.15, 0.2) is 5.69 Å². The maximum Gasteiger partial charge on any atom is 0.338 e. The zero-order chi connectivity index (χ0) is 22.4. The molecule has 0 saturated heterocycles. The van der Waals surface area contributed by atoms with Gasteiger partial charge in [-0.2, -0.15) is 5.10 Å². The number of carboxylic acid groups (broad SMARTS) is 1. The summed E-state index contributed by atoms with van der Waals surface area (Å²) >= 11 is 0. The van der Waals surface area contributed by atoms with E-state index in [0.29, 0.717) is 16.8 Å². The van der Waals surface area contributed by atoms with Gasteiger partial charge >= 0.3 is 12.0 Å². The SMILES string of the molecule is CC.NC(=O)Nc1cn(-c2ccc(-c3ccc(C(=O)O)c(F)c3)cc2)nc1C(N)=O. The van der Waals surface area contributed by atoms with Gasteiger partial charge in [0, 0.05) is 0 Å². The van der Waals surface area contributed by atoms with Gasteiger partial charge in [-0.05, 0) is 35.4 Å². The number of primary amides is 2. The van der Waals surface area contributed by atoms with Crippen LogP contribution >= 0.6 is 0 Å². The molecule has 30 heavy (non-hydrogen) atoms. The van der Waals surface area contributed by atoms with Gasteiger partial charge in [-0.3, -0.25) is 4.79 Å². The van der Waals surface area contributed by atoms with Crippen molar-refractivity contribution in [2.75, 3.05) is 5.32 Å². The van der Waals surface area contributed by atoms with Crippen molar-refractivity contribution in [1.82, 2.24) is 9.78 Å². The fourth-order valence-electron chi connectivity index (χ4n) is 2.59. The minimum Gasteiger partial charge on any atom is -0.478 e. The van der Waals surface area contributed by atoms with Crippen molar-refractivity contribution < 1.29 is 23.9 Å². The Morgan fingerprint density at radius 2 is 1.63 bits per heavy atom. The Kier molecular flexibility index (Phi) is 6.86. The van der Waals surface area contributed by atoms with Crippen LogP contribution in [0.5, 0.6) is 0 Å². The Bertz CT molecular complexity index is 1090. The number of urea groups is 1. The second kappa shape index (κ2) is 9.32. The standard InChI is InChI=1S/C18H14FN5O4.C2H6/c19-13-7-10(3-6-12(13)17(26)27)9-1-4-11(5-2-9)24-8-14(22-18(21)28)15(23-24)16(20)25;1-2/h1-8H,(H2,20,25)(H,26,27)(H3,21,22,28);1-2H3. The highest BCUT2D eigenvalue weighted by Crippen LogP contribution is 2.24. The summed E-state index contributed by atoms with van der Waals surface area (Å²) in [7, 11) is 0. The minimum absolute atomic E-state index is 0.0652. The van der Waals surface area contributed by atoms with Gasteiger partial charge < -0.3 is 21.9 Å². The highest BCUT2D eigenvalue weighted by Gasteiger charge is 2.16. The summed E-state index contributed by atoms with van der Waals surface area (Å²) in [4.78, 5) is 33.4. The molecule has 10 heteroatoms. The summed E-state index contributed by atoms with van der Waals surface area (Å²) in [5.74, 6) is -3.02. The summed E-state index contributed by atoms with van der Waals surface area (Å²) in [5, 5.41) is 15.2. The third-order valence-corrected chi connectivity index (χ3v) is 3.87. The van der Waals surface area contributed by atoms with E-state index in [1.54, 1.807) is 24.3 Å². The average molecular weight is 413 g/mol. The van der Waals surface area contributed by atoms with E-state index in [2.05, 4.69) is 10.4 Å². The molecule has 0 unspecified atom stereocenters. The lowest BCUT2D eigenvalue weighted by Gasteiger charge is -2.06. The number of aromatic nitrogens is 2. The number of nitrogens with two attached hydrogens (primary N) is 2. The number of carbonyl (C=O) groups excluding carboxylic acids is 2. The molecule has 2 aromatic carbocycles. The van der Waals surface area contributed by atoms with E-state index in [1.165, 1.54) is 23.0 Å². The second-order valence-corrected chi connectivity index (χ2v) is 5.74. The maximum absolute atomic E-state index is 13.9. The van der Waals surface area contributed by atoms with Crippen molar-refractivity contribution in [3.8, 4) is 16.8 Å². The predicted octanol–water partition coefficient (Wildman–Crippen LogP) is 2.99. The number of benzene rings is 2. The van der Waals surface area contributed by atoms with Crippen LogP contribution in [-0.2, 0) is 0 Å². The summed E-state index contributed by atoms with van der Waals surface area (Å²) in [6, 6.07) is 9.56. The number of hydrogen-bond donors (Lipinski definition) is 4. The highest BCUT2D eigenvalue weighted by molar-refractivity contribution is 6.00. The quantitative estimate of drug-likeness (QED) is 0.506. The molecule has 0 fully saturated rings. The molecule has 1 aromatic heterocycles. The number of nitrogens with one attached hydrogen (secondary N) is 1. The van der Waals surface area contributed by atoms with Crippen molar-refractivity contribution in [2.45, 2.75) is 13.8 Å². The third kappa shape index (κ3) is 4.79. The van der Waals surface area contributed by atoms with E-state index < -0.39 is 29.3 Å². The number of hydrogen-bond acceptors (Lipinski definition) is 4. The van der Waals surface area contributed by atoms with Crippen LogP contribution in [0.25, 0.3) is 16.8 Å². The Morgan fingerprint density at radius 3 is 2.13 bits per heavy atom. The average Bonchev–Trinajstić information content (AvgIpc) is 3.12. The number of aromatic carboxylic acids is 1. The molecular weight excluding hydrogens is 393 g/mol. The summed E-state index contributed by atoms with van der Waals surface area (Å²) in [6.07, 6.45) is 1.38. The molecule has 0 aliphatic rings. The fourth-order valence-corrected chi connectivity index (χ4v) is 2.59. The molecule has 3 amide bonds. The van der Waals surface area contributed by atoms with Gasteiger partial charge in [0.2, 0.25) is 0 Å². The topological polar surface area (TPSA) is 153 Å². The van der Waals surface area contributed by atoms with E-state index in [9.17, 15) is 18.8 Å². The zero-order valence-electron chi connectivity index (χ0n) is 16.2. The number of carbonyl (C=O) groups is 3. The Morgan fingerprint density at radius 1 is 1.03 bits per heavy atom. The lowest BCUT2D eigenvalue weighted by Crippen LogP contribution is -2.22. The monoisotopic (exact) mass is 413 g/mol. The van der Waals surface area contributed by atoms with E-state index in [0.717, 1.165) is 6.07 Å². The summed E-state index contributed by atoms with van der Waals surface area (Å²) in [6.45, 7) is 4.00. The first kappa shape index (κ1) is 22.1.